The van der Waals surface area contributed by atoms with Crippen LogP contribution in [0.4, 0.5) is 0 Å². The predicted molar refractivity (Wildman–Crippen MR) is 93.5 cm³/mol. The normalized spacial score (nSPS) is 17.8. The van der Waals surface area contributed by atoms with E-state index < -0.39 is 0 Å². The molecule has 24 heavy (non-hydrogen) atoms. The molecule has 0 bridgehead atoms. The number of aromatic nitrogens is 2. The number of carbonyl (C=O) groups excluding carboxylic acids is 1. The minimum absolute atomic E-state index is 0.109. The Morgan fingerprint density at radius 2 is 2.29 bits per heavy atom. The number of hydrogen-bond donors (Lipinski definition) is 0. The fourth-order valence-corrected chi connectivity index (χ4v) is 3.54. The minimum Gasteiger partial charge on any atom is -0.496 e. The molecule has 0 saturated carbocycles. The third-order valence-electron chi connectivity index (χ3n) is 4.59. The van der Waals surface area contributed by atoms with Gasteiger partial charge in [0.2, 0.25) is 5.91 Å². The van der Waals surface area contributed by atoms with Crippen molar-refractivity contribution in [1.29, 1.82) is 0 Å². The quantitative estimate of drug-likeness (QED) is 0.852. The fraction of sp³-hybridized carbons (Fsp3) is 0.444. The highest BCUT2D eigenvalue weighted by Crippen LogP contribution is 2.26. The Hall–Kier alpha value is -2.01. The van der Waals surface area contributed by atoms with E-state index in [1.54, 1.807) is 25.3 Å². The Labute approximate surface area is 147 Å². The van der Waals surface area contributed by atoms with Crippen molar-refractivity contribution in [3.8, 4) is 5.75 Å². The molecule has 0 aliphatic carbocycles. The zero-order valence-corrected chi connectivity index (χ0v) is 14.8. The van der Waals surface area contributed by atoms with Crippen LogP contribution in [0.3, 0.4) is 0 Å². The molecule has 1 unspecified atom stereocenters. The molecule has 0 spiro atoms. The zero-order valence-electron chi connectivity index (χ0n) is 14.0. The first-order valence-electron chi connectivity index (χ1n) is 8.18. The average molecular weight is 348 g/mol. The van der Waals surface area contributed by atoms with Crippen LogP contribution in [0.2, 0.25) is 5.02 Å². The van der Waals surface area contributed by atoms with Crippen LogP contribution < -0.4 is 4.74 Å². The summed E-state index contributed by atoms with van der Waals surface area (Å²) in [7, 11) is 1.61. The predicted octanol–water partition coefficient (Wildman–Crippen LogP) is 3.26. The van der Waals surface area contributed by atoms with E-state index in [1.807, 2.05) is 24.2 Å². The Kier molecular flexibility index (Phi) is 5.09. The first-order chi connectivity index (χ1) is 11.6. The molecule has 1 fully saturated rings. The van der Waals surface area contributed by atoms with Crippen LogP contribution in [0.15, 0.2) is 30.6 Å². The Morgan fingerprint density at radius 1 is 1.46 bits per heavy atom. The number of aryl methyl sites for hydroxylation is 1. The number of carbonyl (C=O) groups is 1. The average Bonchev–Trinajstić information content (AvgIpc) is 3.01. The SMILES string of the molecule is COc1ccc(Cl)cc1CC(=O)N1CCCC(n2ccnc2C)C1. The van der Waals surface area contributed by atoms with Crippen LogP contribution in [-0.2, 0) is 11.2 Å². The number of benzene rings is 1. The summed E-state index contributed by atoms with van der Waals surface area (Å²) in [6.07, 6.45) is 6.18. The fourth-order valence-electron chi connectivity index (χ4n) is 3.34. The van der Waals surface area contributed by atoms with E-state index in [-0.39, 0.29) is 5.91 Å². The monoisotopic (exact) mass is 347 g/mol. The lowest BCUT2D eigenvalue weighted by atomic mass is 10.0. The van der Waals surface area contributed by atoms with E-state index in [1.165, 1.54) is 0 Å². The molecule has 1 amide bonds. The van der Waals surface area contributed by atoms with Gasteiger partial charge in [-0.15, -0.1) is 0 Å². The largest absolute Gasteiger partial charge is 0.496 e. The molecule has 3 rings (SSSR count). The number of rotatable bonds is 4. The van der Waals surface area contributed by atoms with Crippen molar-refractivity contribution in [3.05, 3.63) is 47.0 Å². The highest BCUT2D eigenvalue weighted by Gasteiger charge is 2.26. The second-order valence-electron chi connectivity index (χ2n) is 6.15. The van der Waals surface area contributed by atoms with Crippen molar-refractivity contribution in [2.24, 2.45) is 0 Å². The molecule has 128 valence electrons. The second kappa shape index (κ2) is 7.26. The summed E-state index contributed by atoms with van der Waals surface area (Å²) in [4.78, 5) is 19.0. The molecule has 1 aromatic carbocycles. The number of nitrogens with zero attached hydrogens (tertiary/aromatic N) is 3. The summed E-state index contributed by atoms with van der Waals surface area (Å²) in [5.74, 6) is 1.80. The number of piperidine rings is 1. The molecule has 0 radical (unpaired) electrons. The summed E-state index contributed by atoms with van der Waals surface area (Å²) in [5, 5.41) is 0.615. The van der Waals surface area contributed by atoms with Crippen molar-refractivity contribution in [2.45, 2.75) is 32.2 Å². The molecule has 2 aromatic rings. The van der Waals surface area contributed by atoms with E-state index >= 15 is 0 Å². The van der Waals surface area contributed by atoms with E-state index in [2.05, 4.69) is 9.55 Å². The first-order valence-corrected chi connectivity index (χ1v) is 8.56. The summed E-state index contributed by atoms with van der Waals surface area (Å²) >= 11 is 6.06. The van der Waals surface area contributed by atoms with Gasteiger partial charge >= 0.3 is 0 Å². The Balaban J connectivity index is 1.71. The van der Waals surface area contributed by atoms with Crippen molar-refractivity contribution in [1.82, 2.24) is 14.5 Å². The van der Waals surface area contributed by atoms with E-state index in [4.69, 9.17) is 16.3 Å². The van der Waals surface area contributed by atoms with Crippen LogP contribution in [0.1, 0.15) is 30.3 Å². The molecule has 0 N–H and O–H groups in total. The molecular formula is C18H22ClN3O2. The number of hydrogen-bond acceptors (Lipinski definition) is 3. The smallest absolute Gasteiger partial charge is 0.227 e. The van der Waals surface area contributed by atoms with Crippen LogP contribution in [-0.4, -0.2) is 40.6 Å². The van der Waals surface area contributed by atoms with E-state index in [0.29, 0.717) is 23.2 Å². The highest BCUT2D eigenvalue weighted by atomic mass is 35.5. The number of amides is 1. The van der Waals surface area contributed by atoms with Gasteiger partial charge in [-0.1, -0.05) is 11.6 Å². The third-order valence-corrected chi connectivity index (χ3v) is 4.82. The number of ether oxygens (including phenoxy) is 1. The van der Waals surface area contributed by atoms with Crippen molar-refractivity contribution >= 4 is 17.5 Å². The van der Waals surface area contributed by atoms with Gasteiger partial charge in [0.1, 0.15) is 11.6 Å². The lowest BCUT2D eigenvalue weighted by Crippen LogP contribution is -2.41. The summed E-state index contributed by atoms with van der Waals surface area (Å²) in [6, 6.07) is 5.68. The lowest BCUT2D eigenvalue weighted by molar-refractivity contribution is -0.132. The third kappa shape index (κ3) is 3.56. The maximum absolute atomic E-state index is 12.7. The Morgan fingerprint density at radius 3 is 3.00 bits per heavy atom. The minimum atomic E-state index is 0.109. The Bertz CT molecular complexity index is 729. The van der Waals surface area contributed by atoms with Gasteiger partial charge in [0.15, 0.2) is 0 Å². The van der Waals surface area contributed by atoms with Crippen molar-refractivity contribution in [2.75, 3.05) is 20.2 Å². The van der Waals surface area contributed by atoms with Crippen molar-refractivity contribution < 1.29 is 9.53 Å². The van der Waals surface area contributed by atoms with Gasteiger partial charge in [-0.2, -0.15) is 0 Å². The maximum atomic E-state index is 12.7. The lowest BCUT2D eigenvalue weighted by Gasteiger charge is -2.34. The summed E-state index contributed by atoms with van der Waals surface area (Å²) in [6.45, 7) is 3.52. The van der Waals surface area contributed by atoms with E-state index in [0.717, 1.165) is 37.3 Å². The van der Waals surface area contributed by atoms with Gasteiger partial charge in [-0.25, -0.2) is 4.98 Å². The molecular weight excluding hydrogens is 326 g/mol. The summed E-state index contributed by atoms with van der Waals surface area (Å²) < 4.78 is 7.51. The van der Waals surface area contributed by atoms with Crippen LogP contribution in [0.5, 0.6) is 5.75 Å². The molecule has 1 aliphatic heterocycles. The van der Waals surface area contributed by atoms with Crippen molar-refractivity contribution in [3.63, 3.8) is 0 Å². The zero-order chi connectivity index (χ0) is 17.1. The molecule has 1 saturated heterocycles. The molecule has 5 nitrogen and oxygen atoms in total. The van der Waals surface area contributed by atoms with Gasteiger partial charge in [-0.05, 0) is 38.0 Å². The highest BCUT2D eigenvalue weighted by molar-refractivity contribution is 6.30. The van der Waals surface area contributed by atoms with Gasteiger partial charge in [0.05, 0.1) is 19.6 Å². The summed E-state index contributed by atoms with van der Waals surface area (Å²) in [5.41, 5.74) is 0.830. The molecule has 1 atom stereocenters. The maximum Gasteiger partial charge on any atom is 0.227 e. The molecule has 2 heterocycles. The van der Waals surface area contributed by atoms with Gasteiger partial charge < -0.3 is 14.2 Å². The van der Waals surface area contributed by atoms with Gasteiger partial charge in [0, 0.05) is 36.1 Å². The first kappa shape index (κ1) is 16.8. The number of methoxy groups -OCH3 is 1. The van der Waals surface area contributed by atoms with Gasteiger partial charge in [-0.3, -0.25) is 4.79 Å². The number of likely N-dealkylation sites (tertiary alicyclic amines) is 1. The number of imidazole rings is 1. The van der Waals surface area contributed by atoms with E-state index in [9.17, 15) is 4.79 Å². The van der Waals surface area contributed by atoms with Crippen LogP contribution in [0.25, 0.3) is 0 Å². The molecule has 6 heteroatoms. The molecule has 1 aromatic heterocycles. The second-order valence-corrected chi connectivity index (χ2v) is 6.59. The van der Waals surface area contributed by atoms with Gasteiger partial charge in [0.25, 0.3) is 0 Å². The number of halogens is 1. The standard InChI is InChI=1S/C18H22ClN3O2/c1-13-20-7-9-22(13)16-4-3-8-21(12-16)18(23)11-14-10-15(19)5-6-17(14)24-2/h5-7,9-10,16H,3-4,8,11-12H2,1-2H3. The topological polar surface area (TPSA) is 47.4 Å². The van der Waals surface area contributed by atoms with Crippen LogP contribution >= 0.6 is 11.6 Å². The van der Waals surface area contributed by atoms with Crippen LogP contribution in [0, 0.1) is 6.92 Å². The molecule has 1 aliphatic rings.